The second-order valence-electron chi connectivity index (χ2n) is 2.69. The third-order valence-corrected chi connectivity index (χ3v) is 1.68. The maximum atomic E-state index is 4.38. The van der Waals surface area contributed by atoms with Crippen molar-refractivity contribution in [3.05, 3.63) is 23.9 Å². The average Bonchev–Trinajstić information content (AvgIpc) is 2.05. The quantitative estimate of drug-likeness (QED) is 0.565. The summed E-state index contributed by atoms with van der Waals surface area (Å²) >= 11 is 0. The smallest absolute Gasteiger partial charge is 0.0844 e. The highest BCUT2D eigenvalue weighted by Gasteiger charge is 2.05. The maximum absolute atomic E-state index is 4.38. The van der Waals surface area contributed by atoms with Crippen LogP contribution in [0.25, 0.3) is 0 Å². The maximum Gasteiger partial charge on any atom is 0.0844 e. The van der Waals surface area contributed by atoms with Crippen LogP contribution in [-0.4, -0.2) is 18.5 Å². The highest BCUT2D eigenvalue weighted by molar-refractivity contribution is 6.15. The van der Waals surface area contributed by atoms with E-state index in [9.17, 15) is 0 Å². The van der Waals surface area contributed by atoms with E-state index in [0.29, 0.717) is 0 Å². The molecule has 0 aromatic rings. The van der Waals surface area contributed by atoms with Crippen LogP contribution in [0.15, 0.2) is 33.9 Å². The molecule has 1 aliphatic rings. The standard InChI is InChI=1S/C10H14N2/c1-4-5-10-9(11-3)7-6-8(2)12-10/h5-7H,4H2,1-3H3/b10-5+,11-9?. The van der Waals surface area contributed by atoms with Crippen LogP contribution in [0, 0.1) is 0 Å². The van der Waals surface area contributed by atoms with Crippen LogP contribution in [0.3, 0.4) is 0 Å². The van der Waals surface area contributed by atoms with Gasteiger partial charge in [0.15, 0.2) is 0 Å². The number of hydrogen-bond acceptors (Lipinski definition) is 2. The Bertz CT molecular complexity index is 280. The van der Waals surface area contributed by atoms with Crippen molar-refractivity contribution in [2.75, 3.05) is 7.05 Å². The molecule has 0 aromatic heterocycles. The van der Waals surface area contributed by atoms with E-state index in [4.69, 9.17) is 0 Å². The molecule has 0 atom stereocenters. The van der Waals surface area contributed by atoms with Gasteiger partial charge in [0.1, 0.15) is 0 Å². The summed E-state index contributed by atoms with van der Waals surface area (Å²) < 4.78 is 0. The fourth-order valence-corrected chi connectivity index (χ4v) is 1.10. The number of aliphatic imine (C=N–C) groups is 2. The number of nitrogens with zero attached hydrogens (tertiary/aromatic N) is 2. The normalized spacial score (nSPS) is 23.4. The second-order valence-corrected chi connectivity index (χ2v) is 2.69. The fraction of sp³-hybridized carbons (Fsp3) is 0.400. The van der Waals surface area contributed by atoms with Crippen LogP contribution in [0.1, 0.15) is 20.3 Å². The van der Waals surface area contributed by atoms with Crippen molar-refractivity contribution < 1.29 is 0 Å². The third kappa shape index (κ3) is 1.91. The Morgan fingerprint density at radius 2 is 2.25 bits per heavy atom. The number of allylic oxidation sites excluding steroid dienone is 3. The molecule has 1 heterocycles. The van der Waals surface area contributed by atoms with E-state index in [0.717, 1.165) is 23.5 Å². The largest absolute Gasteiger partial charge is 0.286 e. The summed E-state index contributed by atoms with van der Waals surface area (Å²) in [6.45, 7) is 4.09. The van der Waals surface area contributed by atoms with Crippen LogP contribution < -0.4 is 0 Å². The molecule has 0 aromatic carbocycles. The number of rotatable bonds is 1. The molecule has 0 amide bonds. The molecule has 0 spiro atoms. The first kappa shape index (κ1) is 8.91. The molecule has 0 saturated heterocycles. The Morgan fingerprint density at radius 1 is 1.50 bits per heavy atom. The lowest BCUT2D eigenvalue weighted by atomic mass is 10.1. The van der Waals surface area contributed by atoms with E-state index in [2.05, 4.69) is 23.0 Å². The van der Waals surface area contributed by atoms with Gasteiger partial charge in [-0.3, -0.25) is 9.98 Å². The molecule has 2 heteroatoms. The summed E-state index contributed by atoms with van der Waals surface area (Å²) in [6, 6.07) is 0. The van der Waals surface area contributed by atoms with Crippen molar-refractivity contribution in [3.8, 4) is 0 Å². The van der Waals surface area contributed by atoms with E-state index in [1.165, 1.54) is 0 Å². The molecule has 1 aliphatic heterocycles. The summed E-state index contributed by atoms with van der Waals surface area (Å²) in [5, 5.41) is 0. The zero-order valence-electron chi connectivity index (χ0n) is 7.83. The first-order valence-electron chi connectivity index (χ1n) is 4.18. The van der Waals surface area contributed by atoms with Crippen molar-refractivity contribution in [1.29, 1.82) is 0 Å². The van der Waals surface area contributed by atoms with Gasteiger partial charge in [0, 0.05) is 12.8 Å². The first-order chi connectivity index (χ1) is 5.77. The molecule has 0 saturated carbocycles. The molecule has 0 aliphatic carbocycles. The molecular formula is C10H14N2. The van der Waals surface area contributed by atoms with Gasteiger partial charge >= 0.3 is 0 Å². The average molecular weight is 162 g/mol. The van der Waals surface area contributed by atoms with E-state index < -0.39 is 0 Å². The molecule has 0 radical (unpaired) electrons. The van der Waals surface area contributed by atoms with E-state index in [1.807, 2.05) is 19.1 Å². The summed E-state index contributed by atoms with van der Waals surface area (Å²) in [5.41, 5.74) is 3.02. The van der Waals surface area contributed by atoms with Crippen molar-refractivity contribution >= 4 is 11.4 Å². The molecule has 0 bridgehead atoms. The SMILES string of the molecule is CC/C=C1/N=C(C)C=CC1=NC. The van der Waals surface area contributed by atoms with Crippen molar-refractivity contribution in [1.82, 2.24) is 0 Å². The van der Waals surface area contributed by atoms with Crippen LogP contribution in [-0.2, 0) is 0 Å². The van der Waals surface area contributed by atoms with Gasteiger partial charge in [0.2, 0.25) is 0 Å². The summed E-state index contributed by atoms with van der Waals surface area (Å²) in [7, 11) is 1.79. The molecule has 0 unspecified atom stereocenters. The first-order valence-corrected chi connectivity index (χ1v) is 4.18. The minimum Gasteiger partial charge on any atom is -0.286 e. The third-order valence-electron chi connectivity index (χ3n) is 1.68. The predicted octanol–water partition coefficient (Wildman–Crippen LogP) is 2.38. The Kier molecular flexibility index (Phi) is 2.97. The van der Waals surface area contributed by atoms with E-state index >= 15 is 0 Å². The van der Waals surface area contributed by atoms with Gasteiger partial charge in [-0.1, -0.05) is 13.0 Å². The van der Waals surface area contributed by atoms with Crippen LogP contribution in [0.2, 0.25) is 0 Å². The fourth-order valence-electron chi connectivity index (χ4n) is 1.10. The van der Waals surface area contributed by atoms with E-state index in [-0.39, 0.29) is 0 Å². The molecule has 12 heavy (non-hydrogen) atoms. The Morgan fingerprint density at radius 3 is 2.83 bits per heavy atom. The van der Waals surface area contributed by atoms with Crippen LogP contribution in [0.5, 0.6) is 0 Å². The van der Waals surface area contributed by atoms with Gasteiger partial charge in [0.25, 0.3) is 0 Å². The summed E-state index contributed by atoms with van der Waals surface area (Å²) in [6.07, 6.45) is 7.08. The summed E-state index contributed by atoms with van der Waals surface area (Å²) in [4.78, 5) is 8.52. The van der Waals surface area contributed by atoms with Crippen LogP contribution >= 0.6 is 0 Å². The molecule has 0 N–H and O–H groups in total. The molecule has 2 nitrogen and oxygen atoms in total. The lowest BCUT2D eigenvalue weighted by molar-refractivity contribution is 1.19. The van der Waals surface area contributed by atoms with E-state index in [1.54, 1.807) is 7.05 Å². The van der Waals surface area contributed by atoms with Crippen molar-refractivity contribution in [2.24, 2.45) is 9.98 Å². The van der Waals surface area contributed by atoms with Crippen LogP contribution in [0.4, 0.5) is 0 Å². The zero-order chi connectivity index (χ0) is 8.97. The Balaban J connectivity index is 2.98. The molecule has 64 valence electrons. The van der Waals surface area contributed by atoms with Gasteiger partial charge in [-0.25, -0.2) is 0 Å². The number of hydrogen-bond donors (Lipinski definition) is 0. The van der Waals surface area contributed by atoms with Crippen molar-refractivity contribution in [3.63, 3.8) is 0 Å². The van der Waals surface area contributed by atoms with Gasteiger partial charge < -0.3 is 0 Å². The van der Waals surface area contributed by atoms with Gasteiger partial charge in [-0.2, -0.15) is 0 Å². The Hall–Kier alpha value is -1.18. The highest BCUT2D eigenvalue weighted by atomic mass is 14.8. The van der Waals surface area contributed by atoms with Gasteiger partial charge in [-0.15, -0.1) is 0 Å². The Labute approximate surface area is 73.4 Å². The number of dihydropyridines is 1. The molecular weight excluding hydrogens is 148 g/mol. The molecule has 0 fully saturated rings. The topological polar surface area (TPSA) is 24.7 Å². The predicted molar refractivity (Wildman–Crippen MR) is 54.0 cm³/mol. The minimum absolute atomic E-state index is 0.974. The lowest BCUT2D eigenvalue weighted by Crippen LogP contribution is -2.05. The summed E-state index contributed by atoms with van der Waals surface area (Å²) in [5.74, 6) is 0. The lowest BCUT2D eigenvalue weighted by Gasteiger charge is -2.07. The van der Waals surface area contributed by atoms with Crippen molar-refractivity contribution in [2.45, 2.75) is 20.3 Å². The van der Waals surface area contributed by atoms with Gasteiger partial charge in [0.05, 0.1) is 11.4 Å². The highest BCUT2D eigenvalue weighted by Crippen LogP contribution is 2.09. The monoisotopic (exact) mass is 162 g/mol. The minimum atomic E-state index is 0.974. The zero-order valence-corrected chi connectivity index (χ0v) is 7.83. The van der Waals surface area contributed by atoms with Gasteiger partial charge in [-0.05, 0) is 25.5 Å². The second kappa shape index (κ2) is 4.00. The molecule has 1 rings (SSSR count).